The minimum atomic E-state index is -3.56. The number of hydrogen-bond acceptors (Lipinski definition) is 5. The van der Waals surface area contributed by atoms with Gasteiger partial charge in [-0.2, -0.15) is 0 Å². The molecule has 0 aromatic heterocycles. The van der Waals surface area contributed by atoms with Crippen LogP contribution in [0.1, 0.15) is 47.7 Å². The number of carbonyl (C=O) groups excluding carboxylic acids is 2. The van der Waals surface area contributed by atoms with Crippen LogP contribution in [0.2, 0.25) is 0 Å². The highest BCUT2D eigenvalue weighted by molar-refractivity contribution is 7.91. The first kappa shape index (κ1) is 20.8. The first-order valence-electron chi connectivity index (χ1n) is 8.77. The molecule has 0 aliphatic rings. The molecule has 0 radical (unpaired) electrons. The predicted octanol–water partition coefficient (Wildman–Crippen LogP) is 3.71. The highest BCUT2D eigenvalue weighted by atomic mass is 32.2. The average Bonchev–Trinajstić information content (AvgIpc) is 2.65. The van der Waals surface area contributed by atoms with Crippen LogP contribution in [0, 0.1) is 6.92 Å². The molecule has 144 valence electrons. The lowest BCUT2D eigenvalue weighted by Crippen LogP contribution is -2.17. The summed E-state index contributed by atoms with van der Waals surface area (Å²) in [6.45, 7) is 5.58. The van der Waals surface area contributed by atoms with Gasteiger partial charge in [0.2, 0.25) is 0 Å². The van der Waals surface area contributed by atoms with Gasteiger partial charge in [-0.1, -0.05) is 55.8 Å². The van der Waals surface area contributed by atoms with Crippen LogP contribution in [0.15, 0.2) is 53.4 Å². The molecule has 0 saturated heterocycles. The standard InChI is InChI=1S/C21H24O5S/c1-15(2)17-6-8-18(9-7-17)20(22)14-26-21(23)12-13-27(24,25)19-10-4-16(3)5-11-19/h4-11,15H,12-14H2,1-3H3. The number of hydrogen-bond donors (Lipinski definition) is 0. The number of ketones is 1. The number of Topliss-reactive ketones (excluding diaryl/α,β-unsaturated/α-hetero) is 1. The molecule has 27 heavy (non-hydrogen) atoms. The molecule has 0 unspecified atom stereocenters. The summed E-state index contributed by atoms with van der Waals surface area (Å²) in [5.74, 6) is -1.02. The van der Waals surface area contributed by atoms with Gasteiger partial charge in [0.15, 0.2) is 22.2 Å². The van der Waals surface area contributed by atoms with Crippen LogP contribution >= 0.6 is 0 Å². The van der Waals surface area contributed by atoms with Crippen molar-refractivity contribution in [3.05, 3.63) is 65.2 Å². The quantitative estimate of drug-likeness (QED) is 0.509. The first-order valence-corrected chi connectivity index (χ1v) is 10.4. The van der Waals surface area contributed by atoms with Crippen molar-refractivity contribution >= 4 is 21.6 Å². The Bertz CT molecular complexity index is 895. The Morgan fingerprint density at radius 2 is 1.56 bits per heavy atom. The number of rotatable bonds is 8. The summed E-state index contributed by atoms with van der Waals surface area (Å²) in [5.41, 5.74) is 2.53. The van der Waals surface area contributed by atoms with E-state index in [2.05, 4.69) is 13.8 Å². The zero-order valence-corrected chi connectivity index (χ0v) is 16.6. The van der Waals surface area contributed by atoms with Crippen LogP contribution in [0.3, 0.4) is 0 Å². The Morgan fingerprint density at radius 1 is 0.963 bits per heavy atom. The predicted molar refractivity (Wildman–Crippen MR) is 104 cm³/mol. The van der Waals surface area contributed by atoms with E-state index >= 15 is 0 Å². The highest BCUT2D eigenvalue weighted by Gasteiger charge is 2.18. The van der Waals surface area contributed by atoms with Crippen molar-refractivity contribution in [1.82, 2.24) is 0 Å². The topological polar surface area (TPSA) is 77.5 Å². The molecule has 0 aliphatic carbocycles. The van der Waals surface area contributed by atoms with Gasteiger partial charge in [0.1, 0.15) is 0 Å². The van der Waals surface area contributed by atoms with E-state index in [0.717, 1.165) is 11.1 Å². The van der Waals surface area contributed by atoms with Crippen LogP contribution in [-0.2, 0) is 19.4 Å². The van der Waals surface area contributed by atoms with Gasteiger partial charge in [0, 0.05) is 5.56 Å². The Kier molecular flexibility index (Phi) is 6.91. The lowest BCUT2D eigenvalue weighted by atomic mass is 10.0. The zero-order chi connectivity index (χ0) is 20.0. The Morgan fingerprint density at radius 3 is 2.11 bits per heavy atom. The third kappa shape index (κ3) is 6.03. The number of benzene rings is 2. The summed E-state index contributed by atoms with van der Waals surface area (Å²) < 4.78 is 29.4. The molecule has 0 atom stereocenters. The van der Waals surface area contributed by atoms with Crippen LogP contribution in [0.5, 0.6) is 0 Å². The maximum atomic E-state index is 12.2. The minimum absolute atomic E-state index is 0.169. The second kappa shape index (κ2) is 8.95. The van der Waals surface area contributed by atoms with Gasteiger partial charge in [0.25, 0.3) is 0 Å². The zero-order valence-electron chi connectivity index (χ0n) is 15.8. The number of ether oxygens (including phenoxy) is 1. The molecule has 2 aromatic rings. The molecule has 0 heterocycles. The molecule has 6 heteroatoms. The molecule has 0 spiro atoms. The van der Waals surface area contributed by atoms with Gasteiger partial charge in [-0.05, 0) is 30.5 Å². The lowest BCUT2D eigenvalue weighted by Gasteiger charge is -2.08. The Labute approximate surface area is 160 Å². The Balaban J connectivity index is 1.85. The molecule has 2 aromatic carbocycles. The van der Waals surface area contributed by atoms with Gasteiger partial charge in [0.05, 0.1) is 17.1 Å². The van der Waals surface area contributed by atoms with Crippen LogP contribution in [0.25, 0.3) is 0 Å². The van der Waals surface area contributed by atoms with E-state index in [-0.39, 0.29) is 22.9 Å². The van der Waals surface area contributed by atoms with Crippen molar-refractivity contribution in [3.8, 4) is 0 Å². The molecular weight excluding hydrogens is 364 g/mol. The van der Waals surface area contributed by atoms with E-state index in [1.807, 2.05) is 19.1 Å². The van der Waals surface area contributed by atoms with Gasteiger partial charge in [-0.3, -0.25) is 9.59 Å². The monoisotopic (exact) mass is 388 g/mol. The number of carbonyl (C=O) groups is 2. The smallest absolute Gasteiger partial charge is 0.307 e. The largest absolute Gasteiger partial charge is 0.457 e. The highest BCUT2D eigenvalue weighted by Crippen LogP contribution is 2.15. The number of aryl methyl sites for hydroxylation is 1. The summed E-state index contributed by atoms with van der Waals surface area (Å²) in [5, 5.41) is 0. The van der Waals surface area contributed by atoms with E-state index in [4.69, 9.17) is 4.74 Å². The van der Waals surface area contributed by atoms with E-state index in [9.17, 15) is 18.0 Å². The maximum absolute atomic E-state index is 12.2. The summed E-state index contributed by atoms with van der Waals surface area (Å²) in [6.07, 6.45) is -0.296. The molecule has 0 fully saturated rings. The fraction of sp³-hybridized carbons (Fsp3) is 0.333. The summed E-state index contributed by atoms with van der Waals surface area (Å²) in [6, 6.07) is 13.6. The van der Waals surface area contributed by atoms with Gasteiger partial charge < -0.3 is 4.74 Å². The normalized spacial score (nSPS) is 11.4. The lowest BCUT2D eigenvalue weighted by molar-refractivity contribution is -0.142. The van der Waals surface area contributed by atoms with Crippen molar-refractivity contribution < 1.29 is 22.7 Å². The average molecular weight is 388 g/mol. The minimum Gasteiger partial charge on any atom is -0.457 e. The van der Waals surface area contributed by atoms with Gasteiger partial charge >= 0.3 is 5.97 Å². The maximum Gasteiger partial charge on any atom is 0.307 e. The second-order valence-corrected chi connectivity index (χ2v) is 8.85. The summed E-state index contributed by atoms with van der Waals surface area (Å²) in [4.78, 5) is 24.1. The van der Waals surface area contributed by atoms with Gasteiger partial charge in [-0.25, -0.2) is 8.42 Å². The van der Waals surface area contributed by atoms with Crippen LogP contribution < -0.4 is 0 Å². The number of esters is 1. The first-order chi connectivity index (χ1) is 12.7. The molecule has 0 bridgehead atoms. The Hall–Kier alpha value is -2.47. The van der Waals surface area contributed by atoms with Gasteiger partial charge in [-0.15, -0.1) is 0 Å². The molecule has 0 saturated carbocycles. The summed E-state index contributed by atoms with van der Waals surface area (Å²) >= 11 is 0. The SMILES string of the molecule is Cc1ccc(S(=O)(=O)CCC(=O)OCC(=O)c2ccc(C(C)C)cc2)cc1. The molecule has 5 nitrogen and oxygen atoms in total. The number of sulfone groups is 1. The van der Waals surface area contributed by atoms with Crippen LogP contribution in [-0.4, -0.2) is 32.5 Å². The van der Waals surface area contributed by atoms with Crippen molar-refractivity contribution in [2.75, 3.05) is 12.4 Å². The van der Waals surface area contributed by atoms with Crippen molar-refractivity contribution in [2.45, 2.75) is 38.0 Å². The molecule has 2 rings (SSSR count). The summed E-state index contributed by atoms with van der Waals surface area (Å²) in [7, 11) is -3.56. The van der Waals surface area contributed by atoms with E-state index in [1.54, 1.807) is 24.3 Å². The van der Waals surface area contributed by atoms with E-state index < -0.39 is 22.4 Å². The third-order valence-electron chi connectivity index (χ3n) is 4.22. The fourth-order valence-electron chi connectivity index (χ4n) is 2.44. The second-order valence-electron chi connectivity index (χ2n) is 6.74. The fourth-order valence-corrected chi connectivity index (χ4v) is 3.66. The third-order valence-corrected chi connectivity index (χ3v) is 5.95. The molecule has 0 N–H and O–H groups in total. The molecule has 0 aliphatic heterocycles. The van der Waals surface area contributed by atoms with E-state index in [1.165, 1.54) is 12.1 Å². The van der Waals surface area contributed by atoms with Crippen molar-refractivity contribution in [3.63, 3.8) is 0 Å². The van der Waals surface area contributed by atoms with E-state index in [0.29, 0.717) is 11.5 Å². The van der Waals surface area contributed by atoms with Crippen molar-refractivity contribution in [1.29, 1.82) is 0 Å². The van der Waals surface area contributed by atoms with Crippen molar-refractivity contribution in [2.24, 2.45) is 0 Å². The molecule has 0 amide bonds. The van der Waals surface area contributed by atoms with Crippen LogP contribution in [0.4, 0.5) is 0 Å². The molecular formula is C21H24O5S.